The number of hydrogen-bond acceptors (Lipinski definition) is 3. The van der Waals surface area contributed by atoms with Crippen molar-refractivity contribution in [3.05, 3.63) is 65.0 Å². The van der Waals surface area contributed by atoms with Crippen LogP contribution in [0.25, 0.3) is 0 Å². The fourth-order valence-electron chi connectivity index (χ4n) is 2.89. The van der Waals surface area contributed by atoms with Crippen molar-refractivity contribution < 1.29 is 18.7 Å². The van der Waals surface area contributed by atoms with Crippen LogP contribution in [-0.2, 0) is 11.2 Å². The normalized spacial score (nSPS) is 13.4. The van der Waals surface area contributed by atoms with Crippen LogP contribution >= 0.6 is 0 Å². The van der Waals surface area contributed by atoms with E-state index in [0.717, 1.165) is 12.0 Å². The molecule has 0 atom stereocenters. The molecular weight excluding hydrogens is 297 g/mol. The maximum Gasteiger partial charge on any atom is 0.338 e. The van der Waals surface area contributed by atoms with Crippen LogP contribution in [0.1, 0.15) is 32.7 Å². The van der Waals surface area contributed by atoms with E-state index in [1.165, 1.54) is 31.4 Å². The summed E-state index contributed by atoms with van der Waals surface area (Å²) in [5.41, 5.74) is 2.44. The van der Waals surface area contributed by atoms with Crippen LogP contribution in [0.2, 0.25) is 0 Å². The fraction of sp³-hybridized carbons (Fsp3) is 0.222. The third kappa shape index (κ3) is 2.82. The van der Waals surface area contributed by atoms with Crippen LogP contribution in [0.3, 0.4) is 0 Å². The van der Waals surface area contributed by atoms with Crippen molar-refractivity contribution in [2.24, 2.45) is 0 Å². The molecular formula is C18H16FNO3. The Balaban J connectivity index is 2.00. The van der Waals surface area contributed by atoms with E-state index in [9.17, 15) is 14.0 Å². The molecule has 0 bridgehead atoms. The van der Waals surface area contributed by atoms with Gasteiger partial charge in [-0.3, -0.25) is 4.79 Å². The van der Waals surface area contributed by atoms with E-state index in [2.05, 4.69) is 0 Å². The summed E-state index contributed by atoms with van der Waals surface area (Å²) in [5, 5.41) is 0. The number of fused-ring (bicyclic) bond motifs is 1. The van der Waals surface area contributed by atoms with Crippen LogP contribution in [-0.4, -0.2) is 25.5 Å². The lowest BCUT2D eigenvalue weighted by molar-refractivity contribution is 0.0599. The first-order chi connectivity index (χ1) is 11.1. The Morgan fingerprint density at radius 2 is 1.87 bits per heavy atom. The molecule has 0 spiro atoms. The summed E-state index contributed by atoms with van der Waals surface area (Å²) in [5.74, 6) is -0.987. The molecule has 0 saturated heterocycles. The van der Waals surface area contributed by atoms with E-state index >= 15 is 0 Å². The molecule has 1 aliphatic heterocycles. The molecule has 2 aromatic carbocycles. The second-order valence-electron chi connectivity index (χ2n) is 5.36. The summed E-state index contributed by atoms with van der Waals surface area (Å²) >= 11 is 0. The zero-order valence-electron chi connectivity index (χ0n) is 12.7. The molecule has 1 aliphatic rings. The van der Waals surface area contributed by atoms with Gasteiger partial charge in [-0.15, -0.1) is 0 Å². The number of benzene rings is 2. The van der Waals surface area contributed by atoms with Crippen molar-refractivity contribution in [2.75, 3.05) is 18.6 Å². The first-order valence-corrected chi connectivity index (χ1v) is 7.39. The second kappa shape index (κ2) is 6.20. The molecule has 0 aliphatic carbocycles. The molecule has 2 aromatic rings. The van der Waals surface area contributed by atoms with Crippen LogP contribution in [0, 0.1) is 5.82 Å². The Bertz CT molecular complexity index is 755. The Morgan fingerprint density at radius 1 is 1.13 bits per heavy atom. The second-order valence-corrected chi connectivity index (χ2v) is 5.36. The highest BCUT2D eigenvalue weighted by molar-refractivity contribution is 6.07. The molecule has 3 rings (SSSR count). The molecule has 1 amide bonds. The van der Waals surface area contributed by atoms with Crippen LogP contribution < -0.4 is 4.90 Å². The van der Waals surface area contributed by atoms with Gasteiger partial charge in [0.05, 0.1) is 12.7 Å². The van der Waals surface area contributed by atoms with Gasteiger partial charge in [0.2, 0.25) is 0 Å². The molecule has 23 heavy (non-hydrogen) atoms. The Hall–Kier alpha value is -2.69. The van der Waals surface area contributed by atoms with E-state index in [-0.39, 0.29) is 11.7 Å². The molecule has 0 radical (unpaired) electrons. The number of ether oxygens (including phenoxy) is 1. The lowest BCUT2D eigenvalue weighted by atomic mass is 9.95. The number of nitrogens with zero attached hydrogens (tertiary/aromatic N) is 1. The average molecular weight is 313 g/mol. The molecule has 1 heterocycles. The van der Waals surface area contributed by atoms with Gasteiger partial charge in [-0.05, 0) is 54.8 Å². The predicted molar refractivity (Wildman–Crippen MR) is 84.2 cm³/mol. The smallest absolute Gasteiger partial charge is 0.338 e. The Morgan fingerprint density at radius 3 is 2.57 bits per heavy atom. The van der Waals surface area contributed by atoms with Gasteiger partial charge in [0.25, 0.3) is 5.91 Å². The fourth-order valence-corrected chi connectivity index (χ4v) is 2.89. The van der Waals surface area contributed by atoms with Crippen molar-refractivity contribution >= 4 is 17.6 Å². The summed E-state index contributed by atoms with van der Waals surface area (Å²) in [7, 11) is 1.34. The highest BCUT2D eigenvalue weighted by Gasteiger charge is 2.27. The third-order valence-electron chi connectivity index (χ3n) is 3.99. The maximum atomic E-state index is 13.0. The summed E-state index contributed by atoms with van der Waals surface area (Å²) in [6.07, 6.45) is 1.47. The number of rotatable bonds is 2. The van der Waals surface area contributed by atoms with E-state index in [1.54, 1.807) is 17.0 Å². The Labute approximate surface area is 133 Å². The highest BCUT2D eigenvalue weighted by Crippen LogP contribution is 2.31. The third-order valence-corrected chi connectivity index (χ3v) is 3.99. The van der Waals surface area contributed by atoms with Gasteiger partial charge in [-0.25, -0.2) is 9.18 Å². The highest BCUT2D eigenvalue weighted by atomic mass is 19.1. The zero-order chi connectivity index (χ0) is 16.4. The quantitative estimate of drug-likeness (QED) is 0.800. The minimum atomic E-state index is -0.405. The summed E-state index contributed by atoms with van der Waals surface area (Å²) < 4.78 is 17.8. The molecule has 5 heteroatoms. The standard InChI is InChI=1S/C18H16FNO3/c1-23-18(22)15-4-2-6-16-14(15)5-3-11-20(16)17(21)12-7-9-13(19)10-8-12/h2,4,6-10H,3,5,11H2,1H3. The largest absolute Gasteiger partial charge is 0.465 e. The van der Waals surface area contributed by atoms with Gasteiger partial charge in [-0.2, -0.15) is 0 Å². The number of carbonyl (C=O) groups excluding carboxylic acids is 2. The molecule has 0 fully saturated rings. The molecule has 0 N–H and O–H groups in total. The Kier molecular flexibility index (Phi) is 4.10. The summed E-state index contributed by atoms with van der Waals surface area (Å²) in [4.78, 5) is 26.3. The zero-order valence-corrected chi connectivity index (χ0v) is 12.7. The van der Waals surface area contributed by atoms with Crippen molar-refractivity contribution in [3.63, 3.8) is 0 Å². The lowest BCUT2D eigenvalue weighted by Gasteiger charge is -2.30. The van der Waals surface area contributed by atoms with Gasteiger partial charge in [0.15, 0.2) is 0 Å². The van der Waals surface area contributed by atoms with Gasteiger partial charge in [-0.1, -0.05) is 6.07 Å². The molecule has 4 nitrogen and oxygen atoms in total. The number of anilines is 1. The number of halogens is 1. The van der Waals surface area contributed by atoms with E-state index in [4.69, 9.17) is 4.74 Å². The SMILES string of the molecule is COC(=O)c1cccc2c1CCCN2C(=O)c1ccc(F)cc1. The van der Waals surface area contributed by atoms with E-state index in [1.807, 2.05) is 6.07 Å². The molecule has 0 saturated carbocycles. The van der Waals surface area contributed by atoms with Crippen LogP contribution in [0.15, 0.2) is 42.5 Å². The number of amides is 1. The lowest BCUT2D eigenvalue weighted by Crippen LogP contribution is -2.36. The molecule has 0 unspecified atom stereocenters. The predicted octanol–water partition coefficient (Wildman–Crippen LogP) is 3.21. The van der Waals surface area contributed by atoms with Gasteiger partial charge in [0.1, 0.15) is 5.82 Å². The van der Waals surface area contributed by atoms with Gasteiger partial charge < -0.3 is 9.64 Å². The monoisotopic (exact) mass is 313 g/mol. The first-order valence-electron chi connectivity index (χ1n) is 7.39. The maximum absolute atomic E-state index is 13.0. The minimum absolute atomic E-state index is 0.201. The first kappa shape index (κ1) is 15.2. The van der Waals surface area contributed by atoms with E-state index < -0.39 is 5.97 Å². The van der Waals surface area contributed by atoms with Crippen LogP contribution in [0.5, 0.6) is 0 Å². The topological polar surface area (TPSA) is 46.6 Å². The number of methoxy groups -OCH3 is 1. The van der Waals surface area contributed by atoms with Crippen molar-refractivity contribution in [2.45, 2.75) is 12.8 Å². The number of hydrogen-bond donors (Lipinski definition) is 0. The van der Waals surface area contributed by atoms with Crippen LogP contribution in [0.4, 0.5) is 10.1 Å². The number of carbonyl (C=O) groups is 2. The van der Waals surface area contributed by atoms with Crippen molar-refractivity contribution in [1.29, 1.82) is 0 Å². The van der Waals surface area contributed by atoms with Gasteiger partial charge >= 0.3 is 5.97 Å². The molecule has 0 aromatic heterocycles. The number of esters is 1. The van der Waals surface area contributed by atoms with Crippen molar-refractivity contribution in [3.8, 4) is 0 Å². The molecule has 118 valence electrons. The summed E-state index contributed by atoms with van der Waals surface area (Å²) in [6, 6.07) is 10.7. The summed E-state index contributed by atoms with van der Waals surface area (Å²) in [6.45, 7) is 0.563. The van der Waals surface area contributed by atoms with Crippen molar-refractivity contribution in [1.82, 2.24) is 0 Å². The average Bonchev–Trinajstić information content (AvgIpc) is 2.60. The van der Waals surface area contributed by atoms with E-state index in [0.29, 0.717) is 29.8 Å². The van der Waals surface area contributed by atoms with Gasteiger partial charge in [0, 0.05) is 17.8 Å². The minimum Gasteiger partial charge on any atom is -0.465 e.